The largest absolute Gasteiger partial charge is 0.493 e. The zero-order valence-electron chi connectivity index (χ0n) is 18.0. The van der Waals surface area contributed by atoms with E-state index in [2.05, 4.69) is 15.6 Å². The van der Waals surface area contributed by atoms with Crippen molar-refractivity contribution in [3.05, 3.63) is 59.7 Å². The van der Waals surface area contributed by atoms with Gasteiger partial charge in [-0.15, -0.1) is 24.0 Å². The van der Waals surface area contributed by atoms with Gasteiger partial charge in [0.05, 0.1) is 6.61 Å². The maximum Gasteiger partial charge on any atom is 0.253 e. The molecule has 0 saturated heterocycles. The van der Waals surface area contributed by atoms with Crippen molar-refractivity contribution in [1.82, 2.24) is 10.2 Å². The predicted molar refractivity (Wildman–Crippen MR) is 132 cm³/mol. The summed E-state index contributed by atoms with van der Waals surface area (Å²) in [7, 11) is 6.89. The van der Waals surface area contributed by atoms with Crippen LogP contribution in [0.25, 0.3) is 0 Å². The van der Waals surface area contributed by atoms with Crippen LogP contribution in [-0.4, -0.2) is 58.2 Å². The molecule has 0 fully saturated rings. The van der Waals surface area contributed by atoms with Crippen LogP contribution in [0.4, 0.5) is 5.69 Å². The average molecular weight is 526 g/mol. The molecule has 164 valence electrons. The van der Waals surface area contributed by atoms with Crippen molar-refractivity contribution in [2.45, 2.75) is 13.0 Å². The monoisotopic (exact) mass is 526 g/mol. The van der Waals surface area contributed by atoms with E-state index >= 15 is 0 Å². The number of hydrogen-bond donors (Lipinski definition) is 2. The molecule has 0 aliphatic carbocycles. The molecule has 1 amide bonds. The van der Waals surface area contributed by atoms with Crippen LogP contribution >= 0.6 is 24.0 Å². The lowest BCUT2D eigenvalue weighted by atomic mass is 10.1. The van der Waals surface area contributed by atoms with Gasteiger partial charge in [0.2, 0.25) is 0 Å². The Morgan fingerprint density at radius 1 is 1.10 bits per heavy atom. The first kappa shape index (κ1) is 25.7. The second-order valence-electron chi connectivity index (χ2n) is 6.67. The van der Waals surface area contributed by atoms with E-state index in [1.807, 2.05) is 48.5 Å². The van der Waals surface area contributed by atoms with Crippen molar-refractivity contribution in [3.8, 4) is 5.75 Å². The number of amides is 1. The molecule has 7 nitrogen and oxygen atoms in total. The number of ether oxygens (including phenoxy) is 2. The van der Waals surface area contributed by atoms with Crippen LogP contribution in [0.5, 0.6) is 5.75 Å². The highest BCUT2D eigenvalue weighted by atomic mass is 127. The molecule has 0 heterocycles. The number of nitrogens with one attached hydrogen (secondary N) is 2. The number of nitrogens with zero attached hydrogens (tertiary/aromatic N) is 2. The van der Waals surface area contributed by atoms with Crippen LogP contribution in [0.3, 0.4) is 0 Å². The highest BCUT2D eigenvalue weighted by Gasteiger charge is 2.07. The number of hydrogen-bond acceptors (Lipinski definition) is 4. The predicted octanol–water partition coefficient (Wildman–Crippen LogP) is 3.61. The van der Waals surface area contributed by atoms with E-state index < -0.39 is 0 Å². The molecule has 2 N–H and O–H groups in total. The summed E-state index contributed by atoms with van der Waals surface area (Å²) in [6, 6.07) is 15.3. The van der Waals surface area contributed by atoms with Crippen molar-refractivity contribution < 1.29 is 14.3 Å². The molecule has 0 saturated carbocycles. The number of halogens is 1. The molecule has 0 spiro atoms. The molecule has 2 aromatic carbocycles. The molecule has 0 radical (unpaired) electrons. The number of anilines is 1. The Hall–Kier alpha value is -2.33. The fourth-order valence-electron chi connectivity index (χ4n) is 2.58. The summed E-state index contributed by atoms with van der Waals surface area (Å²) in [6.45, 7) is 1.87. The fourth-order valence-corrected chi connectivity index (χ4v) is 2.58. The van der Waals surface area contributed by atoms with Crippen molar-refractivity contribution >= 4 is 41.5 Å². The summed E-state index contributed by atoms with van der Waals surface area (Å²) in [5.74, 6) is 1.43. The van der Waals surface area contributed by atoms with Gasteiger partial charge in [-0.2, -0.15) is 0 Å². The molecule has 0 aliphatic heterocycles. The molecular formula is C22H31IN4O3. The Bertz CT molecular complexity index is 810. The van der Waals surface area contributed by atoms with E-state index in [4.69, 9.17) is 9.47 Å². The number of carbonyl (C=O) groups excluding carboxylic acids is 1. The van der Waals surface area contributed by atoms with Crippen molar-refractivity contribution in [2.75, 3.05) is 46.8 Å². The zero-order valence-corrected chi connectivity index (χ0v) is 20.3. The Kier molecular flexibility index (Phi) is 11.8. The maximum absolute atomic E-state index is 12.0. The smallest absolute Gasteiger partial charge is 0.253 e. The molecule has 0 atom stereocenters. The van der Waals surface area contributed by atoms with Gasteiger partial charge in [-0.05, 0) is 29.8 Å². The van der Waals surface area contributed by atoms with E-state index in [9.17, 15) is 4.79 Å². The minimum Gasteiger partial charge on any atom is -0.493 e. The fraction of sp³-hybridized carbons (Fsp3) is 0.364. The van der Waals surface area contributed by atoms with Gasteiger partial charge in [-0.3, -0.25) is 9.79 Å². The van der Waals surface area contributed by atoms with Gasteiger partial charge in [0.25, 0.3) is 5.91 Å². The van der Waals surface area contributed by atoms with Gasteiger partial charge >= 0.3 is 0 Å². The van der Waals surface area contributed by atoms with Crippen LogP contribution < -0.4 is 15.4 Å². The topological polar surface area (TPSA) is 75.2 Å². The summed E-state index contributed by atoms with van der Waals surface area (Å²) in [6.07, 6.45) is 0.844. The number of rotatable bonds is 9. The Morgan fingerprint density at radius 3 is 2.47 bits per heavy atom. The second-order valence-corrected chi connectivity index (χ2v) is 6.67. The molecule has 0 unspecified atom stereocenters. The second kappa shape index (κ2) is 13.8. The van der Waals surface area contributed by atoms with E-state index in [0.717, 1.165) is 23.4 Å². The lowest BCUT2D eigenvalue weighted by Crippen LogP contribution is -2.30. The lowest BCUT2D eigenvalue weighted by molar-refractivity contribution is 0.0827. The van der Waals surface area contributed by atoms with Crippen molar-refractivity contribution in [3.63, 3.8) is 0 Å². The first-order chi connectivity index (χ1) is 14.0. The van der Waals surface area contributed by atoms with Gasteiger partial charge < -0.3 is 25.0 Å². The molecule has 0 aromatic heterocycles. The Morgan fingerprint density at radius 2 is 1.83 bits per heavy atom. The molecular weight excluding hydrogens is 495 g/mol. The SMILES string of the molecule is CN=C(NCc1ccc(C(=O)N(C)C)cc1)Nc1cccc(OCCCOC)c1.I. The first-order valence-corrected chi connectivity index (χ1v) is 9.53. The standard InChI is InChI=1S/C22H30N4O3.HI/c1-23-22(24-16-17-9-11-18(12-10-17)21(27)26(2)3)25-19-7-5-8-20(15-19)29-14-6-13-28-4;/h5,7-12,15H,6,13-14,16H2,1-4H3,(H2,23,24,25);1H. The third-order valence-corrected chi connectivity index (χ3v) is 4.15. The number of methoxy groups -OCH3 is 1. The van der Waals surface area contributed by atoms with Gasteiger partial charge in [0.1, 0.15) is 5.75 Å². The normalized spacial score (nSPS) is 10.7. The summed E-state index contributed by atoms with van der Waals surface area (Å²) in [4.78, 5) is 17.8. The van der Waals surface area contributed by atoms with Gasteiger partial charge in [-0.1, -0.05) is 18.2 Å². The minimum absolute atomic E-state index is 0. The maximum atomic E-state index is 12.0. The van der Waals surface area contributed by atoms with Crippen LogP contribution in [0.2, 0.25) is 0 Å². The van der Waals surface area contributed by atoms with Crippen molar-refractivity contribution in [2.24, 2.45) is 4.99 Å². The summed E-state index contributed by atoms with van der Waals surface area (Å²) < 4.78 is 10.8. The lowest BCUT2D eigenvalue weighted by Gasteiger charge is -2.14. The van der Waals surface area contributed by atoms with Gasteiger partial charge in [0, 0.05) is 65.1 Å². The Labute approximate surface area is 195 Å². The van der Waals surface area contributed by atoms with Crippen LogP contribution in [0, 0.1) is 0 Å². The average Bonchev–Trinajstić information content (AvgIpc) is 2.74. The highest BCUT2D eigenvalue weighted by molar-refractivity contribution is 14.0. The third kappa shape index (κ3) is 8.58. The summed E-state index contributed by atoms with van der Waals surface area (Å²) in [5.41, 5.74) is 2.61. The van der Waals surface area contributed by atoms with E-state index in [-0.39, 0.29) is 29.9 Å². The number of guanidine groups is 1. The molecule has 2 aromatic rings. The number of benzene rings is 2. The summed E-state index contributed by atoms with van der Waals surface area (Å²) in [5, 5.41) is 6.53. The van der Waals surface area contributed by atoms with Crippen LogP contribution in [0.15, 0.2) is 53.5 Å². The van der Waals surface area contributed by atoms with Crippen LogP contribution in [0.1, 0.15) is 22.3 Å². The molecule has 30 heavy (non-hydrogen) atoms. The van der Waals surface area contributed by atoms with Gasteiger partial charge in [-0.25, -0.2) is 0 Å². The summed E-state index contributed by atoms with van der Waals surface area (Å²) >= 11 is 0. The molecule has 0 bridgehead atoms. The third-order valence-electron chi connectivity index (χ3n) is 4.15. The van der Waals surface area contributed by atoms with E-state index in [1.165, 1.54) is 0 Å². The minimum atomic E-state index is -0.00805. The van der Waals surface area contributed by atoms with Gasteiger partial charge in [0.15, 0.2) is 5.96 Å². The zero-order chi connectivity index (χ0) is 21.1. The highest BCUT2D eigenvalue weighted by Crippen LogP contribution is 2.17. The molecule has 0 aliphatic rings. The van der Waals surface area contributed by atoms with Crippen molar-refractivity contribution in [1.29, 1.82) is 0 Å². The Balaban J connectivity index is 0.00000450. The quantitative estimate of drug-likeness (QED) is 0.226. The number of carbonyl (C=O) groups is 1. The molecule has 2 rings (SSSR count). The molecule has 8 heteroatoms. The number of aliphatic imine (C=N–C) groups is 1. The van der Waals surface area contributed by atoms with E-state index in [1.54, 1.807) is 33.2 Å². The first-order valence-electron chi connectivity index (χ1n) is 9.53. The van der Waals surface area contributed by atoms with E-state index in [0.29, 0.717) is 31.3 Å². The van der Waals surface area contributed by atoms with Crippen LogP contribution in [-0.2, 0) is 11.3 Å².